The van der Waals surface area contributed by atoms with E-state index >= 15 is 0 Å². The van der Waals surface area contributed by atoms with Crippen LogP contribution in [0.15, 0.2) is 65.2 Å². The summed E-state index contributed by atoms with van der Waals surface area (Å²) in [7, 11) is 1.82. The van der Waals surface area contributed by atoms with Crippen LogP contribution in [0.4, 0.5) is 17.6 Å². The van der Waals surface area contributed by atoms with Gasteiger partial charge in [0.15, 0.2) is 0 Å². The van der Waals surface area contributed by atoms with Crippen molar-refractivity contribution in [1.29, 1.82) is 0 Å². The van der Waals surface area contributed by atoms with Crippen LogP contribution in [-0.4, -0.2) is 62.6 Å². The van der Waals surface area contributed by atoms with Crippen LogP contribution in [0, 0.1) is 17.8 Å². The molecule has 3 heterocycles. The van der Waals surface area contributed by atoms with Crippen LogP contribution in [0.2, 0.25) is 0 Å². The lowest BCUT2D eigenvalue weighted by Gasteiger charge is -2.18. The number of carbonyl (C=O) groups excluding carboxylic acids is 1. The van der Waals surface area contributed by atoms with E-state index in [4.69, 9.17) is 15.0 Å². The molecule has 2 fully saturated rings. The Hall–Kier alpha value is -4.54. The Morgan fingerprint density at radius 1 is 1.00 bits per heavy atom. The highest BCUT2D eigenvalue weighted by atomic mass is 16.5. The number of para-hydroxylation sites is 2. The molecule has 11 heteroatoms. The smallest absolute Gasteiger partial charge is 0.316 e. The minimum absolute atomic E-state index is 0.0128. The summed E-state index contributed by atoms with van der Waals surface area (Å²) in [5, 5.41) is 3.92. The van der Waals surface area contributed by atoms with Crippen molar-refractivity contribution in [3.05, 3.63) is 66.6 Å². The molecule has 182 valence electrons. The molecule has 2 aliphatic rings. The first kappa shape index (κ1) is 22.0. The van der Waals surface area contributed by atoms with Gasteiger partial charge in [-0.2, -0.15) is 19.9 Å². The lowest BCUT2D eigenvalue weighted by atomic mass is 10.2. The summed E-state index contributed by atoms with van der Waals surface area (Å²) in [6, 6.07) is 19.4. The number of fused-ring (bicyclic) bond motifs is 1. The van der Waals surface area contributed by atoms with Crippen molar-refractivity contribution in [2.24, 2.45) is 17.8 Å². The van der Waals surface area contributed by atoms with Gasteiger partial charge >= 0.3 is 11.8 Å². The summed E-state index contributed by atoms with van der Waals surface area (Å²) in [6.07, 6.45) is 0. The molecule has 3 atom stereocenters. The third kappa shape index (κ3) is 4.19. The SMILES string of the molecule is CN(c1ccccc1)c1nc(N)nc(-c2noc(C(=O)N3C[C@@H]4[C@@H](COc5ccccc5)[C@@H]4C3)n2)n1. The molecule has 2 N–H and O–H groups in total. The molecule has 0 unspecified atom stereocenters. The number of amides is 1. The normalized spacial score (nSPS) is 20.1. The van der Waals surface area contributed by atoms with Crippen LogP contribution >= 0.6 is 0 Å². The second-order valence-electron chi connectivity index (χ2n) is 8.96. The van der Waals surface area contributed by atoms with Crippen molar-refractivity contribution < 1.29 is 14.1 Å². The molecule has 2 aromatic carbocycles. The maximum Gasteiger partial charge on any atom is 0.316 e. The Labute approximate surface area is 206 Å². The molecule has 1 saturated heterocycles. The highest BCUT2D eigenvalue weighted by Gasteiger charge is 2.57. The van der Waals surface area contributed by atoms with Crippen molar-refractivity contribution in [3.63, 3.8) is 0 Å². The van der Waals surface area contributed by atoms with Gasteiger partial charge in [0.1, 0.15) is 5.75 Å². The number of likely N-dealkylation sites (tertiary alicyclic amines) is 1. The van der Waals surface area contributed by atoms with E-state index in [9.17, 15) is 4.79 Å². The summed E-state index contributed by atoms with van der Waals surface area (Å²) in [5.41, 5.74) is 6.79. The minimum Gasteiger partial charge on any atom is -0.493 e. The van der Waals surface area contributed by atoms with Crippen LogP contribution in [0.5, 0.6) is 5.75 Å². The van der Waals surface area contributed by atoms with Gasteiger partial charge in [0.05, 0.1) is 6.61 Å². The Kier molecular flexibility index (Phi) is 5.44. The Balaban J connectivity index is 1.10. The number of anilines is 3. The van der Waals surface area contributed by atoms with Gasteiger partial charge in [0.25, 0.3) is 0 Å². The van der Waals surface area contributed by atoms with Crippen LogP contribution in [0.25, 0.3) is 11.6 Å². The van der Waals surface area contributed by atoms with Gasteiger partial charge in [-0.15, -0.1) is 0 Å². The zero-order valence-corrected chi connectivity index (χ0v) is 19.6. The fourth-order valence-corrected chi connectivity index (χ4v) is 4.71. The molecule has 0 bridgehead atoms. The third-order valence-electron chi connectivity index (χ3n) is 6.74. The topological polar surface area (TPSA) is 136 Å². The number of rotatable bonds is 7. The maximum absolute atomic E-state index is 13.0. The van der Waals surface area contributed by atoms with Gasteiger partial charge in [-0.05, 0) is 36.1 Å². The average molecular weight is 485 g/mol. The van der Waals surface area contributed by atoms with Crippen molar-refractivity contribution in [2.75, 3.05) is 37.4 Å². The quantitative estimate of drug-likeness (QED) is 0.417. The van der Waals surface area contributed by atoms with E-state index in [2.05, 4.69) is 25.1 Å². The number of hydrogen-bond acceptors (Lipinski definition) is 10. The molecule has 1 aliphatic carbocycles. The highest BCUT2D eigenvalue weighted by Crippen LogP contribution is 2.52. The van der Waals surface area contributed by atoms with E-state index in [1.165, 1.54) is 0 Å². The second kappa shape index (κ2) is 8.91. The number of carbonyl (C=O) groups is 1. The molecule has 6 rings (SSSR count). The van der Waals surface area contributed by atoms with Crippen molar-refractivity contribution in [2.45, 2.75) is 0 Å². The number of benzene rings is 2. The number of nitrogen functional groups attached to an aromatic ring is 1. The second-order valence-corrected chi connectivity index (χ2v) is 8.96. The van der Waals surface area contributed by atoms with Crippen LogP contribution in [0.1, 0.15) is 10.7 Å². The predicted octanol–water partition coefficient (Wildman–Crippen LogP) is 2.67. The lowest BCUT2D eigenvalue weighted by Crippen LogP contribution is -2.32. The Morgan fingerprint density at radius 3 is 2.42 bits per heavy atom. The first-order valence-electron chi connectivity index (χ1n) is 11.7. The van der Waals surface area contributed by atoms with Gasteiger partial charge < -0.3 is 24.8 Å². The molecule has 2 aromatic heterocycles. The van der Waals surface area contributed by atoms with E-state index in [1.807, 2.05) is 67.7 Å². The van der Waals surface area contributed by atoms with E-state index in [0.717, 1.165) is 11.4 Å². The zero-order valence-electron chi connectivity index (χ0n) is 19.6. The molecule has 1 aliphatic heterocycles. The molecule has 36 heavy (non-hydrogen) atoms. The zero-order chi connectivity index (χ0) is 24.6. The summed E-state index contributed by atoms with van der Waals surface area (Å²) >= 11 is 0. The maximum atomic E-state index is 13.0. The fourth-order valence-electron chi connectivity index (χ4n) is 4.71. The molecule has 0 radical (unpaired) electrons. The molecule has 1 saturated carbocycles. The lowest BCUT2D eigenvalue weighted by molar-refractivity contribution is 0.0712. The molecular weight excluding hydrogens is 460 g/mol. The minimum atomic E-state index is -0.299. The number of aromatic nitrogens is 5. The number of piperidine rings is 1. The van der Waals surface area contributed by atoms with E-state index in [0.29, 0.717) is 43.4 Å². The number of nitrogens with two attached hydrogens (primary N) is 1. The molecule has 1 amide bonds. The number of nitrogens with zero attached hydrogens (tertiary/aromatic N) is 7. The molecular formula is C25H24N8O3. The van der Waals surface area contributed by atoms with Crippen molar-refractivity contribution in [3.8, 4) is 17.4 Å². The van der Waals surface area contributed by atoms with Crippen LogP contribution in [0.3, 0.4) is 0 Å². The fraction of sp³-hybridized carbons (Fsp3) is 0.280. The van der Waals surface area contributed by atoms with Gasteiger partial charge in [0, 0.05) is 31.7 Å². The van der Waals surface area contributed by atoms with Crippen molar-refractivity contribution in [1.82, 2.24) is 30.0 Å². The van der Waals surface area contributed by atoms with Crippen LogP contribution in [-0.2, 0) is 0 Å². The molecule has 0 spiro atoms. The summed E-state index contributed by atoms with van der Waals surface area (Å²) < 4.78 is 11.2. The number of hydrogen-bond donors (Lipinski definition) is 1. The first-order chi connectivity index (χ1) is 17.6. The van der Waals surface area contributed by atoms with Crippen LogP contribution < -0.4 is 15.4 Å². The third-order valence-corrected chi connectivity index (χ3v) is 6.74. The van der Waals surface area contributed by atoms with Crippen molar-refractivity contribution >= 4 is 23.5 Å². The predicted molar refractivity (Wildman–Crippen MR) is 130 cm³/mol. The Bertz CT molecular complexity index is 1370. The molecule has 4 aromatic rings. The Morgan fingerprint density at radius 2 is 1.69 bits per heavy atom. The summed E-state index contributed by atoms with van der Waals surface area (Å²) in [6.45, 7) is 1.95. The monoisotopic (exact) mass is 484 g/mol. The first-order valence-corrected chi connectivity index (χ1v) is 11.7. The molecule has 11 nitrogen and oxygen atoms in total. The van der Waals surface area contributed by atoms with Gasteiger partial charge in [-0.1, -0.05) is 41.6 Å². The van der Waals surface area contributed by atoms with E-state index in [-0.39, 0.29) is 29.4 Å². The van der Waals surface area contributed by atoms with E-state index in [1.54, 1.807) is 9.80 Å². The summed E-state index contributed by atoms with van der Waals surface area (Å²) in [5.74, 6) is 2.33. The summed E-state index contributed by atoms with van der Waals surface area (Å²) in [4.78, 5) is 33.5. The van der Waals surface area contributed by atoms with Gasteiger partial charge in [-0.25, -0.2) is 0 Å². The highest BCUT2D eigenvalue weighted by molar-refractivity contribution is 5.90. The average Bonchev–Trinajstić information content (AvgIpc) is 3.26. The van der Waals surface area contributed by atoms with Gasteiger partial charge in [-0.3, -0.25) is 4.79 Å². The largest absolute Gasteiger partial charge is 0.493 e. The standard InChI is InChI=1S/C25H24N8O3/c1-32(15-8-4-2-5-9-15)25-29-20(28-24(26)30-25)21-27-22(36-31-21)23(34)33-12-17-18(13-33)19(17)14-35-16-10-6-3-7-11-16/h2-11,17-19H,12-14H2,1H3,(H2,26,28,29,30)/t17-,18+,19+. The van der Waals surface area contributed by atoms with E-state index < -0.39 is 0 Å². The number of ether oxygens (including phenoxy) is 1. The van der Waals surface area contributed by atoms with Gasteiger partial charge in [0.2, 0.25) is 23.5 Å².